The van der Waals surface area contributed by atoms with E-state index < -0.39 is 0 Å². The van der Waals surface area contributed by atoms with Crippen molar-refractivity contribution in [2.45, 2.75) is 13.0 Å². The van der Waals surface area contributed by atoms with Crippen molar-refractivity contribution in [3.05, 3.63) is 26.9 Å². The molecule has 4 nitrogen and oxygen atoms in total. The highest BCUT2D eigenvalue weighted by molar-refractivity contribution is 9.11. The van der Waals surface area contributed by atoms with Crippen molar-refractivity contribution in [1.29, 1.82) is 0 Å². The Morgan fingerprint density at radius 3 is 2.87 bits per heavy atom. The molecular weight excluding hydrogens is 326 g/mol. The van der Waals surface area contributed by atoms with Crippen molar-refractivity contribution in [2.24, 2.45) is 5.73 Å². The van der Waals surface area contributed by atoms with Crippen LogP contribution in [0.3, 0.4) is 0 Å². The van der Waals surface area contributed by atoms with Gasteiger partial charge < -0.3 is 11.1 Å². The quantitative estimate of drug-likeness (QED) is 0.802. The molecule has 82 valence electrons. The van der Waals surface area contributed by atoms with Gasteiger partial charge in [-0.15, -0.1) is 0 Å². The van der Waals surface area contributed by atoms with Crippen molar-refractivity contribution in [1.82, 2.24) is 10.3 Å². The topological polar surface area (TPSA) is 68.0 Å². The van der Waals surface area contributed by atoms with E-state index in [1.165, 1.54) is 0 Å². The van der Waals surface area contributed by atoms with Crippen LogP contribution in [-0.2, 0) is 11.3 Å². The van der Waals surface area contributed by atoms with Crippen LogP contribution in [0, 0.1) is 0 Å². The lowest BCUT2D eigenvalue weighted by Gasteiger charge is -2.05. The SMILES string of the molecule is NC(=O)CCNCc1ncc(Br)cc1Br. The molecule has 0 aliphatic rings. The van der Waals surface area contributed by atoms with E-state index in [2.05, 4.69) is 42.2 Å². The molecule has 0 fully saturated rings. The van der Waals surface area contributed by atoms with Crippen LogP contribution in [0.5, 0.6) is 0 Å². The van der Waals surface area contributed by atoms with Crippen LogP contribution in [0.25, 0.3) is 0 Å². The average molecular weight is 337 g/mol. The third kappa shape index (κ3) is 4.72. The van der Waals surface area contributed by atoms with E-state index in [0.29, 0.717) is 19.5 Å². The summed E-state index contributed by atoms with van der Waals surface area (Å²) in [5, 5.41) is 3.08. The Morgan fingerprint density at radius 2 is 2.27 bits per heavy atom. The van der Waals surface area contributed by atoms with Crippen molar-refractivity contribution < 1.29 is 4.79 Å². The van der Waals surface area contributed by atoms with Gasteiger partial charge in [-0.2, -0.15) is 0 Å². The number of hydrogen-bond acceptors (Lipinski definition) is 3. The van der Waals surface area contributed by atoms with E-state index in [4.69, 9.17) is 5.73 Å². The van der Waals surface area contributed by atoms with Crippen LogP contribution in [0.4, 0.5) is 0 Å². The molecule has 0 aliphatic heterocycles. The third-order valence-corrected chi connectivity index (χ3v) is 2.84. The lowest BCUT2D eigenvalue weighted by atomic mass is 10.3. The number of hydrogen-bond donors (Lipinski definition) is 2. The van der Waals surface area contributed by atoms with Crippen LogP contribution < -0.4 is 11.1 Å². The molecule has 1 rings (SSSR count). The van der Waals surface area contributed by atoms with Gasteiger partial charge in [-0.25, -0.2) is 0 Å². The summed E-state index contributed by atoms with van der Waals surface area (Å²) in [4.78, 5) is 14.7. The van der Waals surface area contributed by atoms with Crippen molar-refractivity contribution in [3.63, 3.8) is 0 Å². The lowest BCUT2D eigenvalue weighted by Crippen LogP contribution is -2.22. The number of nitrogens with two attached hydrogens (primary N) is 1. The van der Waals surface area contributed by atoms with Crippen LogP contribution in [-0.4, -0.2) is 17.4 Å². The van der Waals surface area contributed by atoms with E-state index >= 15 is 0 Å². The van der Waals surface area contributed by atoms with Gasteiger partial charge >= 0.3 is 0 Å². The van der Waals surface area contributed by atoms with Crippen molar-refractivity contribution in [3.8, 4) is 0 Å². The van der Waals surface area contributed by atoms with Crippen molar-refractivity contribution in [2.75, 3.05) is 6.54 Å². The Labute approximate surface area is 105 Å². The van der Waals surface area contributed by atoms with Crippen LogP contribution in [0.2, 0.25) is 0 Å². The van der Waals surface area contributed by atoms with Crippen LogP contribution in [0.1, 0.15) is 12.1 Å². The minimum atomic E-state index is -0.301. The number of aromatic nitrogens is 1. The van der Waals surface area contributed by atoms with E-state index in [1.54, 1.807) is 6.20 Å². The molecule has 15 heavy (non-hydrogen) atoms. The average Bonchev–Trinajstić information content (AvgIpc) is 2.14. The highest BCUT2D eigenvalue weighted by atomic mass is 79.9. The summed E-state index contributed by atoms with van der Waals surface area (Å²) in [5.41, 5.74) is 5.92. The number of carbonyl (C=O) groups is 1. The van der Waals surface area contributed by atoms with Gasteiger partial charge in [0.1, 0.15) is 0 Å². The molecule has 1 aromatic rings. The molecule has 1 amide bonds. The smallest absolute Gasteiger partial charge is 0.218 e. The number of primary amides is 1. The molecule has 0 saturated carbocycles. The number of halogens is 2. The number of nitrogens with zero attached hydrogens (tertiary/aromatic N) is 1. The van der Waals surface area contributed by atoms with Gasteiger partial charge in [-0.3, -0.25) is 9.78 Å². The molecule has 0 radical (unpaired) electrons. The van der Waals surface area contributed by atoms with E-state index in [1.807, 2.05) is 6.07 Å². The summed E-state index contributed by atoms with van der Waals surface area (Å²) in [6, 6.07) is 1.93. The van der Waals surface area contributed by atoms with Gasteiger partial charge in [0.05, 0.1) is 5.69 Å². The van der Waals surface area contributed by atoms with Crippen molar-refractivity contribution >= 4 is 37.8 Å². The number of rotatable bonds is 5. The number of pyridine rings is 1. The highest BCUT2D eigenvalue weighted by Gasteiger charge is 2.02. The largest absolute Gasteiger partial charge is 0.370 e. The molecule has 0 bridgehead atoms. The maximum absolute atomic E-state index is 10.5. The lowest BCUT2D eigenvalue weighted by molar-refractivity contribution is -0.117. The summed E-state index contributed by atoms with van der Waals surface area (Å²) >= 11 is 6.73. The Hall–Kier alpha value is -0.460. The van der Waals surface area contributed by atoms with Gasteiger partial charge in [-0.05, 0) is 37.9 Å². The van der Waals surface area contributed by atoms with Gasteiger partial charge in [0.25, 0.3) is 0 Å². The predicted octanol–water partition coefficient (Wildman–Crippen LogP) is 1.57. The second-order valence-corrected chi connectivity index (χ2v) is 4.75. The molecule has 0 saturated heterocycles. The van der Waals surface area contributed by atoms with E-state index in [-0.39, 0.29) is 5.91 Å². The van der Waals surface area contributed by atoms with Gasteiger partial charge in [0.2, 0.25) is 5.91 Å². The summed E-state index contributed by atoms with van der Waals surface area (Å²) in [6.45, 7) is 1.18. The second kappa shape index (κ2) is 6.19. The molecule has 0 spiro atoms. The summed E-state index contributed by atoms with van der Waals surface area (Å²) in [6.07, 6.45) is 2.07. The second-order valence-electron chi connectivity index (χ2n) is 2.98. The maximum Gasteiger partial charge on any atom is 0.218 e. The first-order valence-corrected chi connectivity index (χ1v) is 5.97. The van der Waals surface area contributed by atoms with E-state index in [9.17, 15) is 4.79 Å². The molecular formula is C9H11Br2N3O. The maximum atomic E-state index is 10.5. The standard InChI is InChI=1S/C9H11Br2N3O/c10-6-3-7(11)8(14-4-6)5-13-2-1-9(12)15/h3-4,13H,1-2,5H2,(H2,12,15). The summed E-state index contributed by atoms with van der Waals surface area (Å²) < 4.78 is 1.86. The monoisotopic (exact) mass is 335 g/mol. The summed E-state index contributed by atoms with van der Waals surface area (Å²) in [7, 11) is 0. The van der Waals surface area contributed by atoms with Gasteiger partial charge in [0.15, 0.2) is 0 Å². The molecule has 0 unspecified atom stereocenters. The van der Waals surface area contributed by atoms with Gasteiger partial charge in [-0.1, -0.05) is 0 Å². The summed E-state index contributed by atoms with van der Waals surface area (Å²) in [5.74, 6) is -0.301. The fourth-order valence-corrected chi connectivity index (χ4v) is 2.12. The first-order valence-electron chi connectivity index (χ1n) is 4.38. The molecule has 0 atom stereocenters. The Kier molecular flexibility index (Phi) is 5.21. The third-order valence-electron chi connectivity index (χ3n) is 1.72. The minimum absolute atomic E-state index is 0.301. The zero-order valence-corrected chi connectivity index (χ0v) is 11.1. The highest BCUT2D eigenvalue weighted by Crippen LogP contribution is 2.19. The first-order chi connectivity index (χ1) is 7.09. The Balaban J connectivity index is 2.40. The molecule has 1 aromatic heterocycles. The molecule has 1 heterocycles. The van der Waals surface area contributed by atoms with E-state index in [0.717, 1.165) is 14.6 Å². The molecule has 0 aromatic carbocycles. The Bertz CT molecular complexity index is 357. The predicted molar refractivity (Wildman–Crippen MR) is 65.2 cm³/mol. The zero-order valence-electron chi connectivity index (χ0n) is 7.96. The fourth-order valence-electron chi connectivity index (χ4n) is 0.991. The normalized spacial score (nSPS) is 10.3. The minimum Gasteiger partial charge on any atom is -0.370 e. The number of amides is 1. The number of nitrogens with one attached hydrogen (secondary N) is 1. The van der Waals surface area contributed by atoms with Gasteiger partial charge in [0, 0.05) is 34.7 Å². The Morgan fingerprint density at radius 1 is 1.53 bits per heavy atom. The first kappa shape index (κ1) is 12.6. The molecule has 3 N–H and O–H groups in total. The molecule has 6 heteroatoms. The fraction of sp³-hybridized carbons (Fsp3) is 0.333. The zero-order chi connectivity index (χ0) is 11.3. The van der Waals surface area contributed by atoms with Crippen LogP contribution in [0.15, 0.2) is 21.2 Å². The van der Waals surface area contributed by atoms with Crippen LogP contribution >= 0.6 is 31.9 Å². The number of carbonyl (C=O) groups excluding carboxylic acids is 1. The molecule has 0 aliphatic carbocycles.